The number of benzene rings is 2. The van der Waals surface area contributed by atoms with Crippen LogP contribution in [0.15, 0.2) is 57.6 Å². The molecular formula is C17H14BrNO2. The number of hydrogen-bond acceptors (Lipinski definition) is 2. The highest BCUT2D eigenvalue weighted by atomic mass is 79.9. The Morgan fingerprint density at radius 1 is 1.14 bits per heavy atom. The van der Waals surface area contributed by atoms with Gasteiger partial charge >= 0.3 is 0 Å². The number of carbonyl (C=O) groups excluding carboxylic acids is 1. The van der Waals surface area contributed by atoms with Gasteiger partial charge in [0, 0.05) is 16.6 Å². The minimum Gasteiger partial charge on any atom is -0.469 e. The standard InChI is InChI=1S/C17H14BrNO2/c1-2-16-15(7-8-21-16)17(20)19-14-6-4-11-9-13(18)5-3-12(11)10-14/h3-10H,2H2,1H3,(H,19,20). The van der Waals surface area contributed by atoms with Gasteiger partial charge in [-0.1, -0.05) is 35.0 Å². The van der Waals surface area contributed by atoms with Crippen molar-refractivity contribution in [1.82, 2.24) is 0 Å². The normalized spacial score (nSPS) is 10.8. The molecule has 3 rings (SSSR count). The lowest BCUT2D eigenvalue weighted by molar-refractivity contribution is 0.102. The number of halogens is 1. The maximum atomic E-state index is 12.3. The zero-order valence-electron chi connectivity index (χ0n) is 11.5. The van der Waals surface area contributed by atoms with E-state index in [2.05, 4.69) is 21.2 Å². The number of fused-ring (bicyclic) bond motifs is 1. The van der Waals surface area contributed by atoms with E-state index in [1.807, 2.05) is 43.3 Å². The Bertz CT molecular complexity index is 807. The number of carbonyl (C=O) groups is 1. The molecule has 1 aromatic heterocycles. The number of aryl methyl sites for hydroxylation is 1. The Hall–Kier alpha value is -2.07. The molecule has 0 aliphatic rings. The second kappa shape index (κ2) is 5.74. The van der Waals surface area contributed by atoms with Gasteiger partial charge < -0.3 is 9.73 Å². The van der Waals surface area contributed by atoms with Gasteiger partial charge in [0.05, 0.1) is 11.8 Å². The van der Waals surface area contributed by atoms with Crippen molar-refractivity contribution in [3.05, 3.63) is 64.5 Å². The Labute approximate surface area is 131 Å². The average molecular weight is 344 g/mol. The third-order valence-corrected chi connectivity index (χ3v) is 3.86. The van der Waals surface area contributed by atoms with Crippen molar-refractivity contribution in [3.8, 4) is 0 Å². The van der Waals surface area contributed by atoms with Crippen LogP contribution in [0, 0.1) is 0 Å². The second-order valence-electron chi connectivity index (χ2n) is 4.77. The molecule has 1 heterocycles. The number of nitrogens with one attached hydrogen (secondary N) is 1. The number of furan rings is 1. The van der Waals surface area contributed by atoms with Crippen molar-refractivity contribution in [2.45, 2.75) is 13.3 Å². The first-order chi connectivity index (χ1) is 10.2. The molecule has 21 heavy (non-hydrogen) atoms. The molecule has 1 amide bonds. The van der Waals surface area contributed by atoms with Crippen LogP contribution in [0.2, 0.25) is 0 Å². The predicted molar refractivity (Wildman–Crippen MR) is 87.7 cm³/mol. The van der Waals surface area contributed by atoms with E-state index in [9.17, 15) is 4.79 Å². The quantitative estimate of drug-likeness (QED) is 0.726. The summed E-state index contributed by atoms with van der Waals surface area (Å²) in [5, 5.41) is 5.12. The number of hydrogen-bond donors (Lipinski definition) is 1. The first-order valence-electron chi connectivity index (χ1n) is 6.74. The van der Waals surface area contributed by atoms with Crippen LogP contribution in [0.4, 0.5) is 5.69 Å². The molecule has 0 aliphatic heterocycles. The molecule has 0 bridgehead atoms. The minimum atomic E-state index is -0.142. The first kappa shape index (κ1) is 13.9. The van der Waals surface area contributed by atoms with Crippen LogP contribution in [0.1, 0.15) is 23.0 Å². The summed E-state index contributed by atoms with van der Waals surface area (Å²) in [5.74, 6) is 0.564. The van der Waals surface area contributed by atoms with Gasteiger partial charge in [0.2, 0.25) is 0 Å². The summed E-state index contributed by atoms with van der Waals surface area (Å²) in [6.07, 6.45) is 2.24. The fourth-order valence-electron chi connectivity index (χ4n) is 2.31. The Morgan fingerprint density at radius 3 is 2.71 bits per heavy atom. The van der Waals surface area contributed by atoms with E-state index >= 15 is 0 Å². The largest absolute Gasteiger partial charge is 0.469 e. The predicted octanol–water partition coefficient (Wildman–Crippen LogP) is 5.01. The maximum Gasteiger partial charge on any atom is 0.259 e. The van der Waals surface area contributed by atoms with Gasteiger partial charge in [-0.3, -0.25) is 4.79 Å². The molecule has 0 radical (unpaired) electrons. The SMILES string of the molecule is CCc1occc1C(=O)Nc1ccc2cc(Br)ccc2c1. The highest BCUT2D eigenvalue weighted by molar-refractivity contribution is 9.10. The third kappa shape index (κ3) is 2.85. The molecule has 2 aromatic carbocycles. The van der Waals surface area contributed by atoms with Gasteiger partial charge in [-0.25, -0.2) is 0 Å². The minimum absolute atomic E-state index is 0.142. The molecule has 1 N–H and O–H groups in total. The first-order valence-corrected chi connectivity index (χ1v) is 7.53. The molecule has 0 unspecified atom stereocenters. The number of anilines is 1. The molecule has 0 atom stereocenters. The van der Waals surface area contributed by atoms with Gasteiger partial charge in [-0.2, -0.15) is 0 Å². The van der Waals surface area contributed by atoms with Gasteiger partial charge in [0.15, 0.2) is 0 Å². The Kier molecular flexibility index (Phi) is 3.80. The monoisotopic (exact) mass is 343 g/mol. The smallest absolute Gasteiger partial charge is 0.259 e. The van der Waals surface area contributed by atoms with Gasteiger partial charge in [-0.05, 0) is 41.1 Å². The summed E-state index contributed by atoms with van der Waals surface area (Å²) in [4.78, 5) is 12.3. The fourth-order valence-corrected chi connectivity index (χ4v) is 2.69. The highest BCUT2D eigenvalue weighted by Gasteiger charge is 2.13. The molecule has 0 aliphatic carbocycles. The van der Waals surface area contributed by atoms with E-state index in [0.29, 0.717) is 17.7 Å². The summed E-state index contributed by atoms with van der Waals surface area (Å²) in [5.41, 5.74) is 1.37. The van der Waals surface area contributed by atoms with E-state index in [-0.39, 0.29) is 5.91 Å². The molecule has 0 saturated carbocycles. The Balaban J connectivity index is 1.88. The zero-order chi connectivity index (χ0) is 14.8. The van der Waals surface area contributed by atoms with Crippen LogP contribution in [0.25, 0.3) is 10.8 Å². The van der Waals surface area contributed by atoms with Crippen molar-refractivity contribution >= 4 is 38.3 Å². The summed E-state index contributed by atoms with van der Waals surface area (Å²) >= 11 is 3.45. The Morgan fingerprint density at radius 2 is 1.90 bits per heavy atom. The van der Waals surface area contributed by atoms with Crippen molar-refractivity contribution in [1.29, 1.82) is 0 Å². The molecule has 3 nitrogen and oxygen atoms in total. The van der Waals surface area contributed by atoms with Gasteiger partial charge in [0.1, 0.15) is 5.76 Å². The third-order valence-electron chi connectivity index (χ3n) is 3.37. The second-order valence-corrected chi connectivity index (χ2v) is 5.69. The summed E-state index contributed by atoms with van der Waals surface area (Å²) in [6.45, 7) is 1.96. The van der Waals surface area contributed by atoms with Crippen molar-refractivity contribution < 1.29 is 9.21 Å². The fraction of sp³-hybridized carbons (Fsp3) is 0.118. The van der Waals surface area contributed by atoms with Crippen molar-refractivity contribution in [2.75, 3.05) is 5.32 Å². The van der Waals surface area contributed by atoms with Gasteiger partial charge in [-0.15, -0.1) is 0 Å². The zero-order valence-corrected chi connectivity index (χ0v) is 13.1. The molecule has 0 fully saturated rings. The highest BCUT2D eigenvalue weighted by Crippen LogP contribution is 2.23. The van der Waals surface area contributed by atoms with Gasteiger partial charge in [0.25, 0.3) is 5.91 Å². The van der Waals surface area contributed by atoms with E-state index in [0.717, 1.165) is 20.9 Å². The van der Waals surface area contributed by atoms with Crippen LogP contribution in [-0.2, 0) is 6.42 Å². The van der Waals surface area contributed by atoms with E-state index in [1.165, 1.54) is 0 Å². The molecular weight excluding hydrogens is 330 g/mol. The molecule has 0 saturated heterocycles. The lowest BCUT2D eigenvalue weighted by Gasteiger charge is -2.07. The lowest BCUT2D eigenvalue weighted by atomic mass is 10.1. The molecule has 3 aromatic rings. The van der Waals surface area contributed by atoms with Crippen LogP contribution in [0.3, 0.4) is 0 Å². The molecule has 106 valence electrons. The summed E-state index contributed by atoms with van der Waals surface area (Å²) in [6, 6.07) is 13.6. The van der Waals surface area contributed by atoms with Crippen LogP contribution in [0.5, 0.6) is 0 Å². The van der Waals surface area contributed by atoms with Crippen LogP contribution < -0.4 is 5.32 Å². The van der Waals surface area contributed by atoms with E-state index < -0.39 is 0 Å². The maximum absolute atomic E-state index is 12.3. The van der Waals surface area contributed by atoms with Crippen molar-refractivity contribution in [2.24, 2.45) is 0 Å². The van der Waals surface area contributed by atoms with E-state index in [1.54, 1.807) is 12.3 Å². The number of amides is 1. The summed E-state index contributed by atoms with van der Waals surface area (Å²) in [7, 11) is 0. The van der Waals surface area contributed by atoms with Crippen molar-refractivity contribution in [3.63, 3.8) is 0 Å². The topological polar surface area (TPSA) is 42.2 Å². The summed E-state index contributed by atoms with van der Waals surface area (Å²) < 4.78 is 6.33. The molecule has 4 heteroatoms. The number of rotatable bonds is 3. The van der Waals surface area contributed by atoms with Crippen LogP contribution >= 0.6 is 15.9 Å². The molecule has 0 spiro atoms. The lowest BCUT2D eigenvalue weighted by Crippen LogP contribution is -2.12. The van der Waals surface area contributed by atoms with E-state index in [4.69, 9.17) is 4.42 Å². The average Bonchev–Trinajstić information content (AvgIpc) is 2.96. The van der Waals surface area contributed by atoms with Crippen LogP contribution in [-0.4, -0.2) is 5.91 Å².